The Morgan fingerprint density at radius 1 is 1.30 bits per heavy atom. The van der Waals surface area contributed by atoms with Gasteiger partial charge in [0.15, 0.2) is 0 Å². The molecule has 1 aromatic carbocycles. The average molecular weight is 325 g/mol. The number of amides is 1. The summed E-state index contributed by atoms with van der Waals surface area (Å²) in [6, 6.07) is 12.7. The van der Waals surface area contributed by atoms with E-state index in [-0.39, 0.29) is 25.0 Å². The van der Waals surface area contributed by atoms with Gasteiger partial charge >= 0.3 is 0 Å². The fraction of sp³-hybridized carbons (Fsp3) is 0.333. The van der Waals surface area contributed by atoms with Gasteiger partial charge in [0.05, 0.1) is 18.7 Å². The van der Waals surface area contributed by atoms with E-state index >= 15 is 0 Å². The predicted molar refractivity (Wildman–Crippen MR) is 91.3 cm³/mol. The van der Waals surface area contributed by atoms with Crippen LogP contribution in [0.5, 0.6) is 0 Å². The first-order valence-corrected chi connectivity index (χ1v) is 8.68. The number of rotatable bonds is 6. The third-order valence-electron chi connectivity index (χ3n) is 4.11. The Labute approximate surface area is 140 Å². The summed E-state index contributed by atoms with van der Waals surface area (Å²) in [5.41, 5.74) is 4.08. The lowest BCUT2D eigenvalue weighted by molar-refractivity contribution is -0.120. The second-order valence-corrected chi connectivity index (χ2v) is 6.63. The lowest BCUT2D eigenvalue weighted by Crippen LogP contribution is -2.36. The second kappa shape index (κ2) is 7.40. The minimum Gasteiger partial charge on any atom is -0.342 e. The Morgan fingerprint density at radius 2 is 2.17 bits per heavy atom. The fourth-order valence-electron chi connectivity index (χ4n) is 3.00. The van der Waals surface area contributed by atoms with Gasteiger partial charge in [0, 0.05) is 4.88 Å². The van der Waals surface area contributed by atoms with Gasteiger partial charge in [0.25, 0.3) is 0 Å². The molecule has 0 aliphatic heterocycles. The van der Waals surface area contributed by atoms with E-state index in [4.69, 9.17) is 5.26 Å². The van der Waals surface area contributed by atoms with E-state index in [0.717, 1.165) is 6.42 Å². The van der Waals surface area contributed by atoms with Gasteiger partial charge < -0.3 is 5.32 Å². The van der Waals surface area contributed by atoms with Crippen molar-refractivity contribution in [1.29, 1.82) is 5.26 Å². The van der Waals surface area contributed by atoms with Gasteiger partial charge in [0.1, 0.15) is 6.54 Å². The molecule has 2 N–H and O–H groups in total. The third-order valence-corrected chi connectivity index (χ3v) is 5.05. The van der Waals surface area contributed by atoms with Crippen LogP contribution in [0.3, 0.4) is 0 Å². The van der Waals surface area contributed by atoms with Crippen molar-refractivity contribution in [2.45, 2.75) is 25.3 Å². The van der Waals surface area contributed by atoms with Crippen molar-refractivity contribution in [3.63, 3.8) is 0 Å². The van der Waals surface area contributed by atoms with Gasteiger partial charge in [-0.15, -0.1) is 11.3 Å². The molecule has 1 atom stereocenters. The fourth-order valence-corrected chi connectivity index (χ4v) is 3.83. The summed E-state index contributed by atoms with van der Waals surface area (Å²) in [6.07, 6.45) is 3.54. The largest absolute Gasteiger partial charge is 0.342 e. The maximum Gasteiger partial charge on any atom is 0.234 e. The molecular weight excluding hydrogens is 306 g/mol. The van der Waals surface area contributed by atoms with Gasteiger partial charge in [-0.1, -0.05) is 24.3 Å². The minimum absolute atomic E-state index is 0.00809. The lowest BCUT2D eigenvalue weighted by atomic mass is 10.00. The Hall–Kier alpha value is -2.16. The molecular formula is C18H19N3OS. The lowest BCUT2D eigenvalue weighted by Gasteiger charge is -2.19. The first-order valence-electron chi connectivity index (χ1n) is 7.80. The first kappa shape index (κ1) is 15.7. The van der Waals surface area contributed by atoms with Crippen molar-refractivity contribution in [3.05, 3.63) is 57.3 Å². The molecule has 1 amide bonds. The molecule has 0 fully saturated rings. The standard InChI is InChI=1S/C18H19N3OS/c19-8-9-20-17(22)12-21-18(16-5-2-10-23-16)15-7-6-13-3-1-4-14(13)11-15/h2,5-7,10-11,18,21H,1,3-4,9,12H2,(H,20,22)/t18-/m0/s1. The number of nitrogens with zero attached hydrogens (tertiary/aromatic N) is 1. The highest BCUT2D eigenvalue weighted by Gasteiger charge is 2.19. The summed E-state index contributed by atoms with van der Waals surface area (Å²) in [7, 11) is 0. The van der Waals surface area contributed by atoms with Crippen LogP contribution in [-0.2, 0) is 17.6 Å². The number of nitrogens with one attached hydrogen (secondary N) is 2. The zero-order valence-electron chi connectivity index (χ0n) is 12.8. The summed E-state index contributed by atoms with van der Waals surface area (Å²) >= 11 is 1.68. The number of fused-ring (bicyclic) bond motifs is 1. The number of hydrogen-bond acceptors (Lipinski definition) is 4. The van der Waals surface area contributed by atoms with Crippen molar-refractivity contribution in [2.75, 3.05) is 13.1 Å². The monoisotopic (exact) mass is 325 g/mol. The minimum atomic E-state index is -0.158. The van der Waals surface area contributed by atoms with Crippen molar-refractivity contribution in [1.82, 2.24) is 10.6 Å². The van der Waals surface area contributed by atoms with Crippen LogP contribution in [-0.4, -0.2) is 19.0 Å². The Balaban J connectivity index is 1.77. The second-order valence-electron chi connectivity index (χ2n) is 5.65. The van der Waals surface area contributed by atoms with Gasteiger partial charge in [-0.25, -0.2) is 0 Å². The number of carbonyl (C=O) groups excluding carboxylic acids is 1. The van der Waals surface area contributed by atoms with Crippen LogP contribution in [0.2, 0.25) is 0 Å². The summed E-state index contributed by atoms with van der Waals surface area (Å²) in [5, 5.41) is 16.5. The smallest absolute Gasteiger partial charge is 0.234 e. The number of aryl methyl sites for hydroxylation is 2. The SMILES string of the molecule is N#CCNC(=O)CN[C@@H](c1ccc2c(c1)CCC2)c1cccs1. The van der Waals surface area contributed by atoms with Gasteiger partial charge in [0.2, 0.25) is 5.91 Å². The highest BCUT2D eigenvalue weighted by Crippen LogP contribution is 2.30. The summed E-state index contributed by atoms with van der Waals surface area (Å²) in [6.45, 7) is 0.240. The van der Waals surface area contributed by atoms with E-state index in [1.807, 2.05) is 17.5 Å². The van der Waals surface area contributed by atoms with Crippen LogP contribution < -0.4 is 10.6 Å². The highest BCUT2D eigenvalue weighted by atomic mass is 32.1. The third kappa shape index (κ3) is 3.79. The van der Waals surface area contributed by atoms with Crippen molar-refractivity contribution in [2.24, 2.45) is 0 Å². The molecule has 2 aromatic rings. The van der Waals surface area contributed by atoms with Crippen molar-refractivity contribution >= 4 is 17.2 Å². The van der Waals surface area contributed by atoms with Crippen LogP contribution in [0.1, 0.15) is 34.0 Å². The van der Waals surface area contributed by atoms with Crippen LogP contribution in [0.15, 0.2) is 35.7 Å². The molecule has 0 radical (unpaired) electrons. The Morgan fingerprint density at radius 3 is 2.96 bits per heavy atom. The maximum atomic E-state index is 11.8. The zero-order chi connectivity index (χ0) is 16.1. The molecule has 0 saturated carbocycles. The van der Waals surface area contributed by atoms with E-state index in [9.17, 15) is 4.79 Å². The molecule has 118 valence electrons. The predicted octanol–water partition coefficient (Wildman–Crippen LogP) is 2.56. The Bertz CT molecular complexity index is 718. The van der Waals surface area contributed by atoms with Gasteiger partial charge in [-0.2, -0.15) is 5.26 Å². The van der Waals surface area contributed by atoms with E-state index in [1.165, 1.54) is 34.4 Å². The van der Waals surface area contributed by atoms with Crippen molar-refractivity contribution in [3.8, 4) is 6.07 Å². The molecule has 1 aliphatic carbocycles. The van der Waals surface area contributed by atoms with E-state index in [0.29, 0.717) is 0 Å². The van der Waals surface area contributed by atoms with Crippen LogP contribution >= 0.6 is 11.3 Å². The molecule has 0 saturated heterocycles. The molecule has 4 nitrogen and oxygen atoms in total. The van der Waals surface area contributed by atoms with E-state index in [2.05, 4.69) is 34.9 Å². The topological polar surface area (TPSA) is 64.9 Å². The zero-order valence-corrected chi connectivity index (χ0v) is 13.7. The summed E-state index contributed by atoms with van der Waals surface area (Å²) in [5.74, 6) is -0.158. The molecule has 1 aromatic heterocycles. The summed E-state index contributed by atoms with van der Waals surface area (Å²) < 4.78 is 0. The molecule has 1 aliphatic rings. The maximum absolute atomic E-state index is 11.8. The molecule has 0 unspecified atom stereocenters. The van der Waals surface area contributed by atoms with Crippen LogP contribution in [0, 0.1) is 11.3 Å². The average Bonchev–Trinajstić information content (AvgIpc) is 3.24. The van der Waals surface area contributed by atoms with Crippen LogP contribution in [0.4, 0.5) is 0 Å². The Kier molecular flexibility index (Phi) is 5.06. The number of carbonyl (C=O) groups is 1. The van der Waals surface area contributed by atoms with Crippen molar-refractivity contribution < 1.29 is 4.79 Å². The number of benzene rings is 1. The van der Waals surface area contributed by atoms with Gasteiger partial charge in [-0.05, 0) is 47.4 Å². The number of hydrogen-bond donors (Lipinski definition) is 2. The molecule has 0 spiro atoms. The molecule has 1 heterocycles. The summed E-state index contributed by atoms with van der Waals surface area (Å²) in [4.78, 5) is 13.0. The van der Waals surface area contributed by atoms with E-state index in [1.54, 1.807) is 11.3 Å². The number of thiophene rings is 1. The molecule has 23 heavy (non-hydrogen) atoms. The molecule has 0 bridgehead atoms. The highest BCUT2D eigenvalue weighted by molar-refractivity contribution is 7.10. The van der Waals surface area contributed by atoms with E-state index < -0.39 is 0 Å². The normalized spacial score (nSPS) is 14.0. The molecule has 3 rings (SSSR count). The number of nitriles is 1. The van der Waals surface area contributed by atoms with Crippen LogP contribution in [0.25, 0.3) is 0 Å². The first-order chi connectivity index (χ1) is 11.3. The quantitative estimate of drug-likeness (QED) is 0.802. The van der Waals surface area contributed by atoms with Gasteiger partial charge in [-0.3, -0.25) is 10.1 Å². The molecule has 5 heteroatoms.